The Balaban J connectivity index is 1.76. The van der Waals surface area contributed by atoms with Crippen LogP contribution in [0.3, 0.4) is 0 Å². The van der Waals surface area contributed by atoms with E-state index in [1.807, 2.05) is 30.3 Å². The van der Waals surface area contributed by atoms with Crippen molar-refractivity contribution in [3.05, 3.63) is 101 Å². The molecule has 0 bridgehead atoms. The summed E-state index contributed by atoms with van der Waals surface area (Å²) in [6.07, 6.45) is -9.22. The molecule has 1 amide bonds. The molecule has 1 aliphatic heterocycles. The van der Waals surface area contributed by atoms with Crippen molar-refractivity contribution in [2.24, 2.45) is 0 Å². The highest BCUT2D eigenvalue weighted by atomic mass is 19.4. The monoisotopic (exact) mass is 536 g/mol. The van der Waals surface area contributed by atoms with Crippen LogP contribution in [0.2, 0.25) is 0 Å². The summed E-state index contributed by atoms with van der Waals surface area (Å²) in [5.41, 5.74) is -3.60. The third kappa shape index (κ3) is 5.96. The highest BCUT2D eigenvalue weighted by molar-refractivity contribution is 5.99. The molecule has 4 nitrogen and oxygen atoms in total. The lowest BCUT2D eigenvalue weighted by Gasteiger charge is -2.44. The number of likely N-dealkylation sites (tertiary alicyclic amines) is 1. The molecule has 1 fully saturated rings. The van der Waals surface area contributed by atoms with Gasteiger partial charge >= 0.3 is 12.4 Å². The van der Waals surface area contributed by atoms with Crippen LogP contribution in [0.15, 0.2) is 72.8 Å². The summed E-state index contributed by atoms with van der Waals surface area (Å²) < 4.78 is 86.9. The molecule has 1 N–H and O–H groups in total. The molecule has 1 aliphatic rings. The summed E-state index contributed by atoms with van der Waals surface area (Å²) in [7, 11) is 0.932. The van der Waals surface area contributed by atoms with Crippen molar-refractivity contribution in [2.45, 2.75) is 37.3 Å². The Kier molecular flexibility index (Phi) is 7.73. The van der Waals surface area contributed by atoms with Crippen LogP contribution in [0.1, 0.15) is 45.5 Å². The van der Waals surface area contributed by atoms with E-state index in [4.69, 9.17) is 4.74 Å². The molecule has 4 rings (SSSR count). The quantitative estimate of drug-likeness (QED) is 0.359. The van der Waals surface area contributed by atoms with Crippen molar-refractivity contribution in [1.82, 2.24) is 10.2 Å². The van der Waals surface area contributed by atoms with Gasteiger partial charge in [0.25, 0.3) is 5.91 Å². The van der Waals surface area contributed by atoms with Crippen molar-refractivity contribution < 1.29 is 35.9 Å². The van der Waals surface area contributed by atoms with E-state index in [1.165, 1.54) is 0 Å². The summed E-state index contributed by atoms with van der Waals surface area (Å²) in [6, 6.07) is 18.9. The van der Waals surface area contributed by atoms with Gasteiger partial charge in [0.15, 0.2) is 0 Å². The number of nitrogens with one attached hydrogen (secondary N) is 1. The van der Waals surface area contributed by atoms with Gasteiger partial charge in [0, 0.05) is 13.1 Å². The first-order chi connectivity index (χ1) is 17.9. The van der Waals surface area contributed by atoms with Crippen LogP contribution in [0.25, 0.3) is 0 Å². The molecule has 0 saturated carbocycles. The van der Waals surface area contributed by atoms with Gasteiger partial charge in [0.2, 0.25) is 0 Å². The summed E-state index contributed by atoms with van der Waals surface area (Å²) in [6.45, 7) is 1.56. The van der Waals surface area contributed by atoms with Crippen LogP contribution in [-0.4, -0.2) is 31.0 Å². The Morgan fingerprint density at radius 2 is 1.58 bits per heavy atom. The number of nitrogens with zero attached hydrogens (tertiary/aromatic N) is 1. The molecular formula is C28H26F6N2O2. The Bertz CT molecular complexity index is 1260. The lowest BCUT2D eigenvalue weighted by molar-refractivity contribution is -0.143. The first kappa shape index (κ1) is 27.5. The fourth-order valence-corrected chi connectivity index (χ4v) is 4.97. The van der Waals surface area contributed by atoms with E-state index in [1.54, 1.807) is 30.3 Å². The van der Waals surface area contributed by atoms with Crippen LogP contribution in [0.4, 0.5) is 26.3 Å². The molecule has 202 valence electrons. The Morgan fingerprint density at radius 3 is 2.16 bits per heavy atom. The van der Waals surface area contributed by atoms with Crippen molar-refractivity contribution in [1.29, 1.82) is 0 Å². The van der Waals surface area contributed by atoms with Gasteiger partial charge in [-0.3, -0.25) is 9.69 Å². The second kappa shape index (κ2) is 10.7. The number of carbonyl (C=O) groups is 1. The number of halogens is 6. The third-order valence-electron chi connectivity index (χ3n) is 6.68. The van der Waals surface area contributed by atoms with Gasteiger partial charge in [-0.2, -0.15) is 26.3 Å². The molecule has 0 spiro atoms. The van der Waals surface area contributed by atoms with Gasteiger partial charge in [0.1, 0.15) is 5.75 Å². The zero-order valence-corrected chi connectivity index (χ0v) is 20.5. The van der Waals surface area contributed by atoms with Crippen LogP contribution >= 0.6 is 0 Å². The van der Waals surface area contributed by atoms with Crippen LogP contribution in [-0.2, 0) is 24.4 Å². The zero-order valence-electron chi connectivity index (χ0n) is 20.5. The molecule has 3 aromatic carbocycles. The standard InChI is InChI=1S/C28H26F6N2O2/c1-38-23-16-21(27(29,30)31)15-22(28(32,33)34)24(23)25(37)35-26(20-11-6-3-7-12-20)13-8-14-36(18-26)17-19-9-4-2-5-10-19/h2-7,9-12,15-16H,8,13-14,17-18H2,1H3,(H,35,37). The average molecular weight is 537 g/mol. The molecule has 0 aromatic heterocycles. The van der Waals surface area contributed by atoms with E-state index < -0.39 is 46.2 Å². The second-order valence-electron chi connectivity index (χ2n) is 9.30. The van der Waals surface area contributed by atoms with Gasteiger partial charge in [-0.25, -0.2) is 0 Å². The van der Waals surface area contributed by atoms with E-state index in [-0.39, 0.29) is 6.07 Å². The number of methoxy groups -OCH3 is 1. The first-order valence-corrected chi connectivity index (χ1v) is 11.9. The minimum Gasteiger partial charge on any atom is -0.496 e. The molecule has 1 unspecified atom stereocenters. The lowest BCUT2D eigenvalue weighted by atomic mass is 9.81. The minimum absolute atomic E-state index is 0.0464. The average Bonchev–Trinajstić information content (AvgIpc) is 2.88. The van der Waals surface area contributed by atoms with Crippen molar-refractivity contribution >= 4 is 5.91 Å². The number of alkyl halides is 6. The van der Waals surface area contributed by atoms with Gasteiger partial charge < -0.3 is 10.1 Å². The maximum atomic E-state index is 14.0. The first-order valence-electron chi connectivity index (χ1n) is 11.9. The number of amides is 1. The maximum Gasteiger partial charge on any atom is 0.417 e. The fraction of sp³-hybridized carbons (Fsp3) is 0.321. The molecule has 1 saturated heterocycles. The molecule has 1 heterocycles. The van der Waals surface area contributed by atoms with Gasteiger partial charge in [-0.1, -0.05) is 60.7 Å². The number of carbonyl (C=O) groups excluding carboxylic acids is 1. The van der Waals surface area contributed by atoms with Crippen LogP contribution < -0.4 is 10.1 Å². The lowest BCUT2D eigenvalue weighted by Crippen LogP contribution is -2.56. The van der Waals surface area contributed by atoms with Crippen molar-refractivity contribution in [3.8, 4) is 5.75 Å². The van der Waals surface area contributed by atoms with E-state index in [9.17, 15) is 31.1 Å². The molecule has 3 aromatic rings. The minimum atomic E-state index is -5.23. The Morgan fingerprint density at radius 1 is 0.947 bits per heavy atom. The number of piperidine rings is 1. The molecular weight excluding hydrogens is 510 g/mol. The van der Waals surface area contributed by atoms with E-state index in [0.29, 0.717) is 44.1 Å². The highest BCUT2D eigenvalue weighted by Crippen LogP contribution is 2.42. The number of benzene rings is 3. The molecule has 10 heteroatoms. The molecule has 38 heavy (non-hydrogen) atoms. The summed E-state index contributed by atoms with van der Waals surface area (Å²) in [5.74, 6) is -1.96. The van der Waals surface area contributed by atoms with Crippen LogP contribution in [0.5, 0.6) is 5.75 Å². The zero-order chi connectivity index (χ0) is 27.6. The van der Waals surface area contributed by atoms with Crippen molar-refractivity contribution in [3.63, 3.8) is 0 Å². The van der Waals surface area contributed by atoms with Gasteiger partial charge in [0.05, 0.1) is 29.3 Å². The van der Waals surface area contributed by atoms with E-state index in [0.717, 1.165) is 12.7 Å². The molecule has 0 radical (unpaired) electrons. The number of hydrogen-bond acceptors (Lipinski definition) is 3. The largest absolute Gasteiger partial charge is 0.496 e. The van der Waals surface area contributed by atoms with E-state index >= 15 is 0 Å². The highest BCUT2D eigenvalue weighted by Gasteiger charge is 2.44. The second-order valence-corrected chi connectivity index (χ2v) is 9.30. The summed E-state index contributed by atoms with van der Waals surface area (Å²) in [4.78, 5) is 15.7. The normalized spacial score (nSPS) is 18.7. The van der Waals surface area contributed by atoms with Crippen molar-refractivity contribution in [2.75, 3.05) is 20.2 Å². The maximum absolute atomic E-state index is 14.0. The molecule has 1 atom stereocenters. The topological polar surface area (TPSA) is 41.6 Å². The smallest absolute Gasteiger partial charge is 0.417 e. The van der Waals surface area contributed by atoms with Crippen LogP contribution in [0, 0.1) is 0 Å². The number of ether oxygens (including phenoxy) is 1. The fourth-order valence-electron chi connectivity index (χ4n) is 4.97. The molecule has 0 aliphatic carbocycles. The number of hydrogen-bond donors (Lipinski definition) is 1. The van der Waals surface area contributed by atoms with E-state index in [2.05, 4.69) is 10.2 Å². The predicted octanol–water partition coefficient (Wildman–Crippen LogP) is 6.65. The Labute approximate surface area is 216 Å². The number of rotatable bonds is 6. The third-order valence-corrected chi connectivity index (χ3v) is 6.68. The SMILES string of the molecule is COc1cc(C(F)(F)F)cc(C(F)(F)F)c1C(=O)NC1(c2ccccc2)CCCN(Cc2ccccc2)C1. The van der Waals surface area contributed by atoms with Gasteiger partial charge in [-0.15, -0.1) is 0 Å². The summed E-state index contributed by atoms with van der Waals surface area (Å²) >= 11 is 0. The van der Waals surface area contributed by atoms with Gasteiger partial charge in [-0.05, 0) is 42.6 Å². The summed E-state index contributed by atoms with van der Waals surface area (Å²) in [5, 5.41) is 2.78. The predicted molar refractivity (Wildman–Crippen MR) is 130 cm³/mol. The Hall–Kier alpha value is -3.53.